The Bertz CT molecular complexity index is 986. The molecule has 0 radical (unpaired) electrons. The average molecular weight is 506 g/mol. The van der Waals surface area contributed by atoms with E-state index in [4.69, 9.17) is 37.4 Å². The van der Waals surface area contributed by atoms with Gasteiger partial charge in [-0.2, -0.15) is 0 Å². The molecule has 30 heavy (non-hydrogen) atoms. The lowest BCUT2D eigenvalue weighted by atomic mass is 10.2. The second kappa shape index (κ2) is 9.71. The summed E-state index contributed by atoms with van der Waals surface area (Å²) in [6, 6.07) is 0.893. The Kier molecular flexibility index (Phi) is 8.00. The third kappa shape index (κ3) is 5.77. The molecule has 0 spiro atoms. The first-order valence-electron chi connectivity index (χ1n) is 8.49. The van der Waals surface area contributed by atoms with E-state index in [1.54, 1.807) is 25.5 Å². The molecule has 0 saturated carbocycles. The van der Waals surface area contributed by atoms with Crippen molar-refractivity contribution in [3.05, 3.63) is 17.7 Å². The summed E-state index contributed by atoms with van der Waals surface area (Å²) in [7, 11) is -4.45. The Labute approximate surface area is 186 Å². The van der Waals surface area contributed by atoms with Gasteiger partial charge in [0.25, 0.3) is 10.0 Å². The van der Waals surface area contributed by atoms with Crippen LogP contribution in [0.3, 0.4) is 0 Å². The molecule has 13 heteroatoms. The van der Waals surface area contributed by atoms with Gasteiger partial charge in [0.15, 0.2) is 11.6 Å². The maximum Gasteiger partial charge on any atom is 0.421 e. The summed E-state index contributed by atoms with van der Waals surface area (Å²) in [6.45, 7) is 4.37. The van der Waals surface area contributed by atoms with Crippen LogP contribution in [0.4, 0.5) is 13.6 Å². The minimum atomic E-state index is -4.45. The number of carbonyl (C=O) groups excluding carboxylic acids is 1. The van der Waals surface area contributed by atoms with Crippen LogP contribution in [0.25, 0.3) is 10.1 Å². The molecule has 0 saturated heterocycles. The summed E-state index contributed by atoms with van der Waals surface area (Å²) < 4.78 is 71.1. The fourth-order valence-electron chi connectivity index (χ4n) is 2.25. The first kappa shape index (κ1) is 24.7. The number of nitrogens with one attached hydrogen (secondary N) is 1. The van der Waals surface area contributed by atoms with E-state index in [1.807, 2.05) is 0 Å². The minimum absolute atomic E-state index is 0.00206. The zero-order valence-corrected chi connectivity index (χ0v) is 19.3. The highest BCUT2D eigenvalue weighted by atomic mass is 35.5. The molecular formula is C17H19Cl2F2NO6S2. The van der Waals surface area contributed by atoms with Crippen molar-refractivity contribution in [3.8, 4) is 11.5 Å². The number of rotatable bonds is 8. The second-order valence-corrected chi connectivity index (χ2v) is 10.5. The number of halogens is 4. The molecule has 0 fully saturated rings. The lowest BCUT2D eigenvalue weighted by Gasteiger charge is -2.19. The van der Waals surface area contributed by atoms with Crippen molar-refractivity contribution in [3.63, 3.8) is 0 Å². The summed E-state index contributed by atoms with van der Waals surface area (Å²) in [6.07, 6.45) is -1.22. The first-order chi connectivity index (χ1) is 13.9. The number of alkyl halides is 2. The van der Waals surface area contributed by atoms with Gasteiger partial charge < -0.3 is 14.2 Å². The van der Waals surface area contributed by atoms with Gasteiger partial charge in [0.2, 0.25) is 11.5 Å². The summed E-state index contributed by atoms with van der Waals surface area (Å²) >= 11 is 11.5. The van der Waals surface area contributed by atoms with Crippen molar-refractivity contribution in [2.24, 2.45) is 0 Å². The van der Waals surface area contributed by atoms with Crippen LogP contribution in [-0.2, 0) is 14.8 Å². The highest BCUT2D eigenvalue weighted by Gasteiger charge is 2.29. The zero-order valence-electron chi connectivity index (χ0n) is 16.2. The van der Waals surface area contributed by atoms with Crippen molar-refractivity contribution < 1.29 is 36.2 Å². The predicted molar refractivity (Wildman–Crippen MR) is 111 cm³/mol. The van der Waals surface area contributed by atoms with Gasteiger partial charge in [0.1, 0.15) is 23.0 Å². The Hall–Kier alpha value is -1.56. The minimum Gasteiger partial charge on any atom is -0.486 e. The number of sulfonamides is 1. The monoisotopic (exact) mass is 505 g/mol. The zero-order chi connectivity index (χ0) is 22.7. The fraction of sp³-hybridized carbons (Fsp3) is 0.471. The number of amides is 1. The molecule has 0 aliphatic heterocycles. The third-order valence-corrected chi connectivity index (χ3v) is 6.50. The molecule has 7 nitrogen and oxygen atoms in total. The van der Waals surface area contributed by atoms with Crippen LogP contribution in [0.15, 0.2) is 10.3 Å². The van der Waals surface area contributed by atoms with E-state index in [1.165, 1.54) is 0 Å². The van der Waals surface area contributed by atoms with Gasteiger partial charge in [-0.1, -0.05) is 0 Å². The van der Waals surface area contributed by atoms with Gasteiger partial charge in [0.05, 0.1) is 16.5 Å². The highest BCUT2D eigenvalue weighted by Crippen LogP contribution is 2.44. The topological polar surface area (TPSA) is 90.9 Å². The Morgan fingerprint density at radius 1 is 1.10 bits per heavy atom. The Morgan fingerprint density at radius 2 is 1.63 bits per heavy atom. The van der Waals surface area contributed by atoms with E-state index >= 15 is 4.39 Å². The lowest BCUT2D eigenvalue weighted by Crippen LogP contribution is -2.36. The summed E-state index contributed by atoms with van der Waals surface area (Å²) in [5.41, 5.74) is -0.943. The first-order valence-corrected chi connectivity index (χ1v) is 11.9. The molecular weight excluding hydrogens is 487 g/mol. The highest BCUT2D eigenvalue weighted by molar-refractivity contribution is 7.92. The SMILES string of the molecule is CC(C)(C)OC(=O)NS(=O)(=O)c1cc2c(F)c(OCCCl)c(OCCCl)c(F)c2s1. The van der Waals surface area contributed by atoms with Crippen LogP contribution in [0.1, 0.15) is 20.8 Å². The molecule has 1 N–H and O–H groups in total. The van der Waals surface area contributed by atoms with E-state index in [0.717, 1.165) is 6.07 Å². The number of hydrogen-bond donors (Lipinski definition) is 1. The number of thiophene rings is 1. The molecule has 1 aromatic heterocycles. The van der Waals surface area contributed by atoms with Gasteiger partial charge in [-0.15, -0.1) is 34.5 Å². The van der Waals surface area contributed by atoms with Crippen molar-refractivity contribution in [2.45, 2.75) is 30.6 Å². The van der Waals surface area contributed by atoms with E-state index in [2.05, 4.69) is 0 Å². The summed E-state index contributed by atoms with van der Waals surface area (Å²) in [5, 5.41) is -0.357. The lowest BCUT2D eigenvalue weighted by molar-refractivity contribution is 0.0570. The summed E-state index contributed by atoms with van der Waals surface area (Å²) in [5.74, 6) is -3.15. The number of carbonyl (C=O) groups is 1. The normalized spacial score (nSPS) is 12.1. The van der Waals surface area contributed by atoms with Crippen molar-refractivity contribution in [2.75, 3.05) is 25.0 Å². The maximum atomic E-state index is 15.0. The number of benzene rings is 1. The van der Waals surface area contributed by atoms with Crippen LogP contribution in [0, 0.1) is 11.6 Å². The predicted octanol–water partition coefficient (Wildman–Crippen LogP) is 4.63. The van der Waals surface area contributed by atoms with Crippen LogP contribution in [0.2, 0.25) is 0 Å². The Balaban J connectivity index is 2.53. The van der Waals surface area contributed by atoms with Gasteiger partial charge >= 0.3 is 6.09 Å². The maximum absolute atomic E-state index is 15.0. The fourth-order valence-corrected chi connectivity index (χ4v) is 4.67. The molecule has 0 aliphatic carbocycles. The number of fused-ring (bicyclic) bond motifs is 1. The van der Waals surface area contributed by atoms with Crippen molar-refractivity contribution in [1.82, 2.24) is 4.72 Å². The van der Waals surface area contributed by atoms with Gasteiger partial charge in [-0.25, -0.2) is 26.7 Å². The molecule has 1 amide bonds. The third-order valence-electron chi connectivity index (χ3n) is 3.28. The molecule has 1 heterocycles. The largest absolute Gasteiger partial charge is 0.486 e. The second-order valence-electron chi connectivity index (χ2n) is 6.78. The Morgan fingerprint density at radius 3 is 2.13 bits per heavy atom. The standard InChI is InChI=1S/C17H19Cl2F2NO6S2/c1-17(2,3)28-16(23)22-30(24,25)10-8-9-11(20)13(26-6-4-18)14(27-7-5-19)12(21)15(9)29-10/h8H,4-7H2,1-3H3,(H,22,23). The smallest absolute Gasteiger partial charge is 0.421 e. The van der Waals surface area contributed by atoms with Crippen LogP contribution >= 0.6 is 34.5 Å². The quantitative estimate of drug-likeness (QED) is 0.526. The van der Waals surface area contributed by atoms with Crippen LogP contribution < -0.4 is 14.2 Å². The van der Waals surface area contributed by atoms with Gasteiger partial charge in [-0.05, 0) is 26.8 Å². The number of hydrogen-bond acceptors (Lipinski definition) is 7. The van der Waals surface area contributed by atoms with Crippen LogP contribution in [0.5, 0.6) is 11.5 Å². The number of ether oxygens (including phenoxy) is 3. The van der Waals surface area contributed by atoms with Gasteiger partial charge in [0, 0.05) is 5.39 Å². The molecule has 0 atom stereocenters. The molecule has 0 bridgehead atoms. The van der Waals surface area contributed by atoms with Crippen molar-refractivity contribution in [1.29, 1.82) is 0 Å². The van der Waals surface area contributed by atoms with Crippen molar-refractivity contribution >= 4 is 60.7 Å². The molecule has 2 aromatic rings. The molecule has 168 valence electrons. The average Bonchev–Trinajstić information content (AvgIpc) is 3.07. The van der Waals surface area contributed by atoms with E-state index in [9.17, 15) is 17.6 Å². The molecule has 0 aliphatic rings. The molecule has 0 unspecified atom stereocenters. The van der Waals surface area contributed by atoms with Crippen LogP contribution in [-0.4, -0.2) is 45.1 Å². The van der Waals surface area contributed by atoms with Gasteiger partial charge in [-0.3, -0.25) is 0 Å². The molecule has 2 rings (SSSR count). The van der Waals surface area contributed by atoms with E-state index < -0.39 is 49.1 Å². The van der Waals surface area contributed by atoms with E-state index in [0.29, 0.717) is 11.3 Å². The molecule has 1 aromatic carbocycles. The van der Waals surface area contributed by atoms with E-state index in [-0.39, 0.29) is 35.1 Å². The summed E-state index contributed by atoms with van der Waals surface area (Å²) in [4.78, 5) is 11.8.